The Labute approximate surface area is 128 Å². The molecule has 6 unspecified atom stereocenters. The van der Waals surface area contributed by atoms with Crippen molar-refractivity contribution < 1.29 is 0 Å². The fraction of sp³-hybridized carbons (Fsp3) is 1.00. The maximum atomic E-state index is 2.58. The molecule has 20 heavy (non-hydrogen) atoms. The predicted octanol–water partition coefficient (Wildman–Crippen LogP) is 6.69. The molecule has 0 aromatic rings. The minimum absolute atomic E-state index is 0.977. The van der Waals surface area contributed by atoms with E-state index in [4.69, 9.17) is 0 Å². The molecule has 0 bridgehead atoms. The van der Waals surface area contributed by atoms with Gasteiger partial charge in [0.15, 0.2) is 0 Å². The lowest BCUT2D eigenvalue weighted by molar-refractivity contribution is 0.173. The van der Waals surface area contributed by atoms with Crippen molar-refractivity contribution in [1.82, 2.24) is 0 Å². The van der Waals surface area contributed by atoms with Crippen molar-refractivity contribution in [1.29, 1.82) is 0 Å². The molecule has 0 aliphatic heterocycles. The van der Waals surface area contributed by atoms with Crippen LogP contribution in [-0.2, 0) is 0 Å². The second-order valence-corrected chi connectivity index (χ2v) is 8.15. The van der Waals surface area contributed by atoms with Gasteiger partial charge in [-0.3, -0.25) is 0 Å². The van der Waals surface area contributed by atoms with E-state index in [1.54, 1.807) is 0 Å². The normalized spacial score (nSPS) is 43.8. The van der Waals surface area contributed by atoms with Gasteiger partial charge in [-0.05, 0) is 54.8 Å². The molecule has 6 atom stereocenters. The molecule has 0 spiro atoms. The lowest BCUT2D eigenvalue weighted by Crippen LogP contribution is -2.24. The van der Waals surface area contributed by atoms with Crippen LogP contribution < -0.4 is 0 Å². The summed E-state index contributed by atoms with van der Waals surface area (Å²) in [6.45, 7) is 9.94. The highest BCUT2D eigenvalue weighted by molar-refractivity contribution is 4.85. The third-order valence-electron chi connectivity index (χ3n) is 6.97. The summed E-state index contributed by atoms with van der Waals surface area (Å²) in [7, 11) is 0. The molecule has 0 amide bonds. The highest BCUT2D eigenvalue weighted by atomic mass is 14.4. The largest absolute Gasteiger partial charge is 0.0651 e. The van der Waals surface area contributed by atoms with Crippen LogP contribution >= 0.6 is 0 Å². The van der Waals surface area contributed by atoms with E-state index in [0.717, 1.165) is 35.5 Å². The van der Waals surface area contributed by atoms with Crippen molar-refractivity contribution in [2.45, 2.75) is 91.9 Å². The summed E-state index contributed by atoms with van der Waals surface area (Å²) in [4.78, 5) is 0. The van der Waals surface area contributed by atoms with Gasteiger partial charge in [-0.25, -0.2) is 0 Å². The summed E-state index contributed by atoms with van der Waals surface area (Å²) in [6.07, 6.45) is 14.9. The van der Waals surface area contributed by atoms with Crippen LogP contribution in [0.5, 0.6) is 0 Å². The van der Waals surface area contributed by atoms with E-state index >= 15 is 0 Å². The van der Waals surface area contributed by atoms with E-state index in [0.29, 0.717) is 0 Å². The number of rotatable bonds is 3. The average Bonchev–Trinajstić information content (AvgIpc) is 2.89. The highest BCUT2D eigenvalue weighted by Gasteiger charge is 2.34. The van der Waals surface area contributed by atoms with Gasteiger partial charge in [0.2, 0.25) is 0 Å². The minimum atomic E-state index is 0.977. The Morgan fingerprint density at radius 3 is 1.75 bits per heavy atom. The third-order valence-corrected chi connectivity index (χ3v) is 6.97. The molecule has 0 aromatic heterocycles. The van der Waals surface area contributed by atoms with Crippen molar-refractivity contribution in [3.8, 4) is 0 Å². The molecule has 0 nitrogen and oxygen atoms in total. The van der Waals surface area contributed by atoms with Gasteiger partial charge in [0, 0.05) is 0 Å². The van der Waals surface area contributed by atoms with E-state index in [1.807, 2.05) is 0 Å². The summed E-state index contributed by atoms with van der Waals surface area (Å²) in [5.41, 5.74) is 0. The summed E-state index contributed by atoms with van der Waals surface area (Å²) >= 11 is 0. The first kappa shape index (κ1) is 16.4. The zero-order valence-electron chi connectivity index (χ0n) is 14.5. The molecule has 0 heteroatoms. The summed E-state index contributed by atoms with van der Waals surface area (Å²) < 4.78 is 0. The molecule has 2 aliphatic rings. The second kappa shape index (κ2) is 7.85. The van der Waals surface area contributed by atoms with Crippen LogP contribution in [0.25, 0.3) is 0 Å². The molecule has 2 saturated carbocycles. The molecule has 2 rings (SSSR count). The van der Waals surface area contributed by atoms with Crippen molar-refractivity contribution in [2.24, 2.45) is 35.5 Å². The standard InChI is InChI=1S/C20H38/c1-5-17-11-10-16(4)20(13-12-18(6-2)14-17)19-9-7-8-15(19)3/h15-20H,5-14H2,1-4H3. The van der Waals surface area contributed by atoms with Gasteiger partial charge in [-0.1, -0.05) is 72.6 Å². The van der Waals surface area contributed by atoms with E-state index < -0.39 is 0 Å². The minimum Gasteiger partial charge on any atom is -0.0651 e. The third kappa shape index (κ3) is 4.01. The van der Waals surface area contributed by atoms with Crippen LogP contribution in [0.1, 0.15) is 91.9 Å². The van der Waals surface area contributed by atoms with Crippen LogP contribution in [0.3, 0.4) is 0 Å². The Bertz CT molecular complexity index is 269. The summed E-state index contributed by atoms with van der Waals surface area (Å²) in [5, 5.41) is 0. The Hall–Kier alpha value is 0. The van der Waals surface area contributed by atoms with Crippen LogP contribution in [-0.4, -0.2) is 0 Å². The fourth-order valence-corrected chi connectivity index (χ4v) is 5.32. The topological polar surface area (TPSA) is 0 Å². The molecular weight excluding hydrogens is 240 g/mol. The van der Waals surface area contributed by atoms with Crippen LogP contribution in [0.2, 0.25) is 0 Å². The molecule has 0 heterocycles. The Kier molecular flexibility index (Phi) is 6.43. The van der Waals surface area contributed by atoms with Gasteiger partial charge in [0.1, 0.15) is 0 Å². The van der Waals surface area contributed by atoms with Gasteiger partial charge in [-0.15, -0.1) is 0 Å². The first-order valence-corrected chi connectivity index (χ1v) is 9.65. The summed E-state index contributed by atoms with van der Waals surface area (Å²) in [6, 6.07) is 0. The first-order chi connectivity index (χ1) is 9.65. The Balaban J connectivity index is 2.04. The van der Waals surface area contributed by atoms with Crippen molar-refractivity contribution in [3.05, 3.63) is 0 Å². The average molecular weight is 279 g/mol. The van der Waals surface area contributed by atoms with Crippen molar-refractivity contribution in [3.63, 3.8) is 0 Å². The van der Waals surface area contributed by atoms with Gasteiger partial charge >= 0.3 is 0 Å². The lowest BCUT2D eigenvalue weighted by atomic mass is 9.73. The van der Waals surface area contributed by atoms with E-state index in [1.165, 1.54) is 64.2 Å². The fourth-order valence-electron chi connectivity index (χ4n) is 5.32. The molecule has 2 fully saturated rings. The van der Waals surface area contributed by atoms with E-state index in [-0.39, 0.29) is 0 Å². The Morgan fingerprint density at radius 1 is 0.650 bits per heavy atom. The maximum Gasteiger partial charge on any atom is -0.0357 e. The smallest absolute Gasteiger partial charge is 0.0357 e. The van der Waals surface area contributed by atoms with Crippen molar-refractivity contribution >= 4 is 0 Å². The van der Waals surface area contributed by atoms with E-state index in [2.05, 4.69) is 27.7 Å². The lowest BCUT2D eigenvalue weighted by Gasteiger charge is -2.32. The van der Waals surface area contributed by atoms with Gasteiger partial charge in [0.05, 0.1) is 0 Å². The molecule has 2 aliphatic carbocycles. The molecule has 0 radical (unpaired) electrons. The SMILES string of the molecule is CCC1CCC(C)C(C2CCCC2C)CCC(CC)C1. The predicted molar refractivity (Wildman–Crippen MR) is 89.8 cm³/mol. The second-order valence-electron chi connectivity index (χ2n) is 8.15. The first-order valence-electron chi connectivity index (χ1n) is 9.65. The molecule has 0 aromatic carbocycles. The monoisotopic (exact) mass is 278 g/mol. The zero-order valence-corrected chi connectivity index (χ0v) is 14.5. The number of hydrogen-bond donors (Lipinski definition) is 0. The van der Waals surface area contributed by atoms with Crippen LogP contribution in [0, 0.1) is 35.5 Å². The van der Waals surface area contributed by atoms with Gasteiger partial charge in [-0.2, -0.15) is 0 Å². The molecule has 118 valence electrons. The van der Waals surface area contributed by atoms with Crippen molar-refractivity contribution in [2.75, 3.05) is 0 Å². The maximum absolute atomic E-state index is 2.58. The molecule has 0 saturated heterocycles. The zero-order chi connectivity index (χ0) is 14.5. The van der Waals surface area contributed by atoms with Gasteiger partial charge < -0.3 is 0 Å². The van der Waals surface area contributed by atoms with Gasteiger partial charge in [0.25, 0.3) is 0 Å². The summed E-state index contributed by atoms with van der Waals surface area (Å²) in [5.74, 6) is 6.11. The molecular formula is C20H38. The highest BCUT2D eigenvalue weighted by Crippen LogP contribution is 2.45. The quantitative estimate of drug-likeness (QED) is 0.539. The molecule has 0 N–H and O–H groups in total. The number of hydrogen-bond acceptors (Lipinski definition) is 0. The Morgan fingerprint density at radius 2 is 1.20 bits per heavy atom. The van der Waals surface area contributed by atoms with Crippen LogP contribution in [0.15, 0.2) is 0 Å². The van der Waals surface area contributed by atoms with Crippen LogP contribution in [0.4, 0.5) is 0 Å². The van der Waals surface area contributed by atoms with E-state index in [9.17, 15) is 0 Å².